The lowest BCUT2D eigenvalue weighted by Gasteiger charge is -2.28. The van der Waals surface area contributed by atoms with Gasteiger partial charge in [-0.3, -0.25) is 14.5 Å². The smallest absolute Gasteiger partial charge is 0.410 e. The van der Waals surface area contributed by atoms with Gasteiger partial charge in [0.25, 0.3) is 0 Å². The average Bonchev–Trinajstić information content (AvgIpc) is 2.53. The molecule has 0 aliphatic rings. The number of nitrogens with one attached hydrogen (secondary N) is 1. The second-order valence-corrected chi connectivity index (χ2v) is 9.34. The number of carboxylic acids is 2. The molecule has 0 fully saturated rings. The maximum Gasteiger partial charge on any atom is 0.410 e. The van der Waals surface area contributed by atoms with Crippen LogP contribution in [0.2, 0.25) is 0 Å². The number of aliphatic carboxylic acids is 2. The molecule has 0 aliphatic carbocycles. The van der Waals surface area contributed by atoms with Gasteiger partial charge in [-0.2, -0.15) is 0 Å². The van der Waals surface area contributed by atoms with Crippen molar-refractivity contribution in [2.24, 2.45) is 11.7 Å². The van der Waals surface area contributed by atoms with Crippen molar-refractivity contribution in [2.75, 3.05) is 19.6 Å². The molecule has 0 aromatic carbocycles. The summed E-state index contributed by atoms with van der Waals surface area (Å²) in [7, 11) is 0. The average molecular weight is 448 g/mol. The van der Waals surface area contributed by atoms with Gasteiger partial charge in [0.1, 0.15) is 17.7 Å². The van der Waals surface area contributed by atoms with Crippen LogP contribution in [0.4, 0.5) is 9.59 Å². The van der Waals surface area contributed by atoms with Crippen molar-refractivity contribution in [3.63, 3.8) is 0 Å². The lowest BCUT2D eigenvalue weighted by Crippen LogP contribution is -2.46. The van der Waals surface area contributed by atoms with E-state index in [2.05, 4.69) is 5.32 Å². The maximum atomic E-state index is 12.2. The van der Waals surface area contributed by atoms with Crippen LogP contribution in [0.3, 0.4) is 0 Å². The van der Waals surface area contributed by atoms with Crippen LogP contribution in [0.15, 0.2) is 0 Å². The zero-order valence-corrected chi connectivity index (χ0v) is 19.3. The van der Waals surface area contributed by atoms with E-state index in [1.807, 2.05) is 0 Å². The number of hydrogen-bond acceptors (Lipinski definition) is 7. The Bertz CT molecular complexity index is 625. The van der Waals surface area contributed by atoms with Gasteiger partial charge in [-0.05, 0) is 60.8 Å². The molecule has 5 N–H and O–H groups in total. The van der Waals surface area contributed by atoms with Crippen molar-refractivity contribution in [1.29, 1.82) is 0 Å². The minimum atomic E-state index is -1.21. The number of carbonyl (C=O) groups is 4. The normalized spacial score (nSPS) is 13.6. The van der Waals surface area contributed by atoms with Crippen molar-refractivity contribution in [3.05, 3.63) is 0 Å². The number of rotatable bonds is 11. The van der Waals surface area contributed by atoms with Crippen LogP contribution in [-0.2, 0) is 19.1 Å². The van der Waals surface area contributed by atoms with Crippen molar-refractivity contribution >= 4 is 24.1 Å². The number of ether oxygens (including phenoxy) is 2. The van der Waals surface area contributed by atoms with Crippen LogP contribution < -0.4 is 11.1 Å². The van der Waals surface area contributed by atoms with Gasteiger partial charge in [-0.15, -0.1) is 0 Å². The molecule has 0 spiro atoms. The van der Waals surface area contributed by atoms with E-state index < -0.39 is 53.8 Å². The van der Waals surface area contributed by atoms with E-state index in [0.29, 0.717) is 0 Å². The minimum Gasteiger partial charge on any atom is -0.481 e. The monoisotopic (exact) mass is 447 g/mol. The zero-order valence-electron chi connectivity index (χ0n) is 19.3. The van der Waals surface area contributed by atoms with E-state index in [4.69, 9.17) is 20.3 Å². The molecule has 0 radical (unpaired) electrons. The van der Waals surface area contributed by atoms with Gasteiger partial charge in [0.15, 0.2) is 0 Å². The number of nitrogens with zero attached hydrogens (tertiary/aromatic N) is 1. The Morgan fingerprint density at radius 2 is 1.48 bits per heavy atom. The predicted octanol–water partition coefficient (Wildman–Crippen LogP) is 2.03. The number of alkyl carbamates (subject to hydrolysis) is 1. The molecule has 11 nitrogen and oxygen atoms in total. The van der Waals surface area contributed by atoms with Crippen molar-refractivity contribution in [1.82, 2.24) is 10.2 Å². The summed E-state index contributed by atoms with van der Waals surface area (Å²) in [5.74, 6) is -3.02. The van der Waals surface area contributed by atoms with E-state index >= 15 is 0 Å². The molecule has 11 heteroatoms. The van der Waals surface area contributed by atoms with Gasteiger partial charge in [0.2, 0.25) is 0 Å². The fourth-order valence-electron chi connectivity index (χ4n) is 2.54. The fraction of sp³-hybridized carbons (Fsp3) is 0.800. The summed E-state index contributed by atoms with van der Waals surface area (Å²) in [4.78, 5) is 47.4. The zero-order chi connectivity index (χ0) is 24.4. The number of amides is 2. The number of carboxylic acid groups (broad SMARTS) is 2. The van der Waals surface area contributed by atoms with Gasteiger partial charge in [0.05, 0.1) is 5.92 Å². The molecule has 0 aromatic heterocycles. The van der Waals surface area contributed by atoms with Crippen LogP contribution in [-0.4, -0.2) is 76.1 Å². The van der Waals surface area contributed by atoms with Crippen molar-refractivity contribution in [3.8, 4) is 0 Å². The van der Waals surface area contributed by atoms with Gasteiger partial charge in [-0.25, -0.2) is 9.59 Å². The first-order valence-corrected chi connectivity index (χ1v) is 10.1. The molecule has 0 bridgehead atoms. The molecule has 0 aromatic rings. The summed E-state index contributed by atoms with van der Waals surface area (Å²) in [5, 5.41) is 21.0. The van der Waals surface area contributed by atoms with Crippen LogP contribution in [0.1, 0.15) is 60.8 Å². The Morgan fingerprint density at radius 1 is 0.935 bits per heavy atom. The maximum absolute atomic E-state index is 12.2. The first-order chi connectivity index (χ1) is 14.0. The highest BCUT2D eigenvalue weighted by Gasteiger charge is 2.26. The van der Waals surface area contributed by atoms with Gasteiger partial charge in [-0.1, -0.05) is 0 Å². The summed E-state index contributed by atoms with van der Waals surface area (Å²) < 4.78 is 10.3. The SMILES string of the molecule is CC(C)(C)OC(=O)NCCC(CCC(N)CN(CC(=O)O)C(=O)OC(C)(C)C)C(=O)O. The van der Waals surface area contributed by atoms with Crippen LogP contribution >= 0.6 is 0 Å². The first-order valence-electron chi connectivity index (χ1n) is 10.1. The van der Waals surface area contributed by atoms with Crippen molar-refractivity contribution in [2.45, 2.75) is 78.0 Å². The molecular formula is C20H37N3O8. The van der Waals surface area contributed by atoms with E-state index in [0.717, 1.165) is 4.90 Å². The standard InChI is InChI=1S/C20H37N3O8/c1-19(2,3)30-17(28)22-10-9-13(16(26)27)7-8-14(21)11-23(12-15(24)25)18(29)31-20(4,5)6/h13-14H,7-12,21H2,1-6H3,(H,22,28)(H,24,25)(H,26,27). The van der Waals surface area contributed by atoms with E-state index in [-0.39, 0.29) is 32.4 Å². The molecule has 180 valence electrons. The number of carbonyl (C=O) groups excluding carboxylic acids is 2. The molecule has 0 rings (SSSR count). The van der Waals surface area contributed by atoms with E-state index in [1.165, 1.54) is 0 Å². The summed E-state index contributed by atoms with van der Waals surface area (Å²) in [6, 6.07) is -0.646. The second kappa shape index (κ2) is 12.3. The van der Waals surface area contributed by atoms with Crippen LogP contribution in [0.25, 0.3) is 0 Å². The third-order valence-electron chi connectivity index (χ3n) is 3.83. The Kier molecular flexibility index (Phi) is 11.3. The van der Waals surface area contributed by atoms with Gasteiger partial charge in [0, 0.05) is 19.1 Å². The highest BCUT2D eigenvalue weighted by atomic mass is 16.6. The molecule has 31 heavy (non-hydrogen) atoms. The molecule has 2 amide bonds. The highest BCUT2D eigenvalue weighted by Crippen LogP contribution is 2.15. The third kappa shape index (κ3) is 15.0. The lowest BCUT2D eigenvalue weighted by atomic mass is 9.96. The summed E-state index contributed by atoms with van der Waals surface area (Å²) in [6.07, 6.45) is -0.826. The topological polar surface area (TPSA) is 168 Å². The van der Waals surface area contributed by atoms with E-state index in [9.17, 15) is 24.3 Å². The first kappa shape index (κ1) is 28.4. The Hall–Kier alpha value is -2.56. The quantitative estimate of drug-likeness (QED) is 0.370. The molecule has 0 aliphatic heterocycles. The third-order valence-corrected chi connectivity index (χ3v) is 3.83. The molecule has 0 saturated heterocycles. The van der Waals surface area contributed by atoms with Gasteiger partial charge >= 0.3 is 24.1 Å². The van der Waals surface area contributed by atoms with Crippen LogP contribution in [0, 0.1) is 5.92 Å². The van der Waals surface area contributed by atoms with E-state index in [1.54, 1.807) is 41.5 Å². The van der Waals surface area contributed by atoms with Crippen LogP contribution in [0.5, 0.6) is 0 Å². The molecular weight excluding hydrogens is 410 g/mol. The summed E-state index contributed by atoms with van der Waals surface area (Å²) in [6.45, 7) is 9.58. The minimum absolute atomic E-state index is 0.0935. The van der Waals surface area contributed by atoms with Gasteiger partial charge < -0.3 is 30.7 Å². The molecule has 0 saturated carbocycles. The summed E-state index contributed by atoms with van der Waals surface area (Å²) >= 11 is 0. The Morgan fingerprint density at radius 3 is 1.94 bits per heavy atom. The highest BCUT2D eigenvalue weighted by molar-refractivity contribution is 5.77. The molecule has 0 heterocycles. The fourth-order valence-corrected chi connectivity index (χ4v) is 2.54. The number of hydrogen-bond donors (Lipinski definition) is 4. The lowest BCUT2D eigenvalue weighted by molar-refractivity contribution is -0.142. The molecule has 2 atom stereocenters. The number of nitrogens with two attached hydrogens (primary N) is 1. The second-order valence-electron chi connectivity index (χ2n) is 9.34. The van der Waals surface area contributed by atoms with Crippen molar-refractivity contribution < 1.29 is 38.9 Å². The predicted molar refractivity (Wildman–Crippen MR) is 113 cm³/mol. The Balaban J connectivity index is 4.70. The summed E-state index contributed by atoms with van der Waals surface area (Å²) in [5.41, 5.74) is 4.57. The molecule has 2 unspecified atom stereocenters. The largest absolute Gasteiger partial charge is 0.481 e. The Labute approximate surface area is 183 Å².